The molecule has 1 fully saturated rings. The number of nitro benzene ring substituents is 1. The zero-order valence-corrected chi connectivity index (χ0v) is 18.5. The minimum Gasteiger partial charge on any atom is -0.495 e. The summed E-state index contributed by atoms with van der Waals surface area (Å²) in [6, 6.07) is 12.1. The molecule has 1 aliphatic rings. The van der Waals surface area contributed by atoms with Gasteiger partial charge in [0.2, 0.25) is 17.6 Å². The number of rotatable bonds is 7. The van der Waals surface area contributed by atoms with Gasteiger partial charge in [-0.25, -0.2) is 0 Å². The molecule has 0 aliphatic carbocycles. The van der Waals surface area contributed by atoms with Gasteiger partial charge in [-0.1, -0.05) is 28.9 Å². The molecule has 0 bridgehead atoms. The van der Waals surface area contributed by atoms with E-state index in [1.165, 1.54) is 25.3 Å². The fraction of sp³-hybridized carbons (Fsp3) is 0.348. The molecule has 1 saturated heterocycles. The molecule has 1 aliphatic heterocycles. The number of nitro groups is 1. The van der Waals surface area contributed by atoms with E-state index in [4.69, 9.17) is 9.26 Å². The number of anilines is 1. The summed E-state index contributed by atoms with van der Waals surface area (Å²) < 4.78 is 10.6. The lowest BCUT2D eigenvalue weighted by molar-refractivity contribution is -0.384. The summed E-state index contributed by atoms with van der Waals surface area (Å²) in [7, 11) is 1.46. The Morgan fingerprint density at radius 2 is 2.06 bits per heavy atom. The van der Waals surface area contributed by atoms with E-state index in [-0.39, 0.29) is 17.5 Å². The highest BCUT2D eigenvalue weighted by Gasteiger charge is 2.27. The Bertz CT molecular complexity index is 1150. The van der Waals surface area contributed by atoms with Gasteiger partial charge in [-0.2, -0.15) is 4.98 Å². The molecule has 0 spiro atoms. The highest BCUT2D eigenvalue weighted by Crippen LogP contribution is 2.30. The number of methoxy groups -OCH3 is 1. The Balaban J connectivity index is 1.33. The quantitative estimate of drug-likeness (QED) is 0.425. The highest BCUT2D eigenvalue weighted by molar-refractivity contribution is 5.94. The first-order valence-corrected chi connectivity index (χ1v) is 10.7. The second kappa shape index (κ2) is 9.78. The van der Waals surface area contributed by atoms with Gasteiger partial charge in [0.1, 0.15) is 5.75 Å². The summed E-state index contributed by atoms with van der Waals surface area (Å²) in [4.78, 5) is 30.0. The maximum Gasteiger partial charge on any atom is 0.271 e. The Kier molecular flexibility index (Phi) is 6.64. The SMILES string of the molecule is COc1ccc([N+](=O)[O-])cc1NC(=O)C1CCN(Cc2nc(-c3cccc(C)c3)no2)CC1. The summed E-state index contributed by atoms with van der Waals surface area (Å²) in [5, 5.41) is 17.9. The fourth-order valence-electron chi connectivity index (χ4n) is 3.91. The van der Waals surface area contributed by atoms with Crippen molar-refractivity contribution in [1.29, 1.82) is 0 Å². The highest BCUT2D eigenvalue weighted by atomic mass is 16.6. The third-order valence-corrected chi connectivity index (χ3v) is 5.71. The van der Waals surface area contributed by atoms with Crippen LogP contribution in [-0.2, 0) is 11.3 Å². The Hall–Kier alpha value is -3.79. The molecule has 1 N–H and O–H groups in total. The van der Waals surface area contributed by atoms with Crippen molar-refractivity contribution in [2.24, 2.45) is 5.92 Å². The van der Waals surface area contributed by atoms with Crippen molar-refractivity contribution < 1.29 is 19.0 Å². The Morgan fingerprint density at radius 3 is 2.76 bits per heavy atom. The van der Waals surface area contributed by atoms with Gasteiger partial charge in [-0.05, 0) is 45.0 Å². The van der Waals surface area contributed by atoms with Gasteiger partial charge in [-0.3, -0.25) is 19.8 Å². The Morgan fingerprint density at radius 1 is 1.27 bits per heavy atom. The molecule has 0 unspecified atom stereocenters. The number of amides is 1. The van der Waals surface area contributed by atoms with Crippen molar-refractivity contribution in [1.82, 2.24) is 15.0 Å². The van der Waals surface area contributed by atoms with Gasteiger partial charge in [-0.15, -0.1) is 0 Å². The van der Waals surface area contributed by atoms with Crippen molar-refractivity contribution in [3.63, 3.8) is 0 Å². The number of aromatic nitrogens is 2. The van der Waals surface area contributed by atoms with E-state index in [0.29, 0.717) is 55.6 Å². The first kappa shape index (κ1) is 22.4. The second-order valence-electron chi connectivity index (χ2n) is 8.06. The zero-order valence-electron chi connectivity index (χ0n) is 18.5. The lowest BCUT2D eigenvalue weighted by Gasteiger charge is -2.30. The topological polar surface area (TPSA) is 124 Å². The summed E-state index contributed by atoms with van der Waals surface area (Å²) in [6.07, 6.45) is 1.31. The maximum absolute atomic E-state index is 12.8. The van der Waals surface area contributed by atoms with E-state index >= 15 is 0 Å². The molecule has 2 aromatic carbocycles. The van der Waals surface area contributed by atoms with E-state index in [2.05, 4.69) is 20.4 Å². The van der Waals surface area contributed by atoms with Crippen LogP contribution in [0.3, 0.4) is 0 Å². The molecule has 1 amide bonds. The fourth-order valence-corrected chi connectivity index (χ4v) is 3.91. The van der Waals surface area contributed by atoms with Crippen molar-refractivity contribution in [3.8, 4) is 17.1 Å². The molecule has 4 rings (SSSR count). The molecule has 10 nitrogen and oxygen atoms in total. The summed E-state index contributed by atoms with van der Waals surface area (Å²) in [5.41, 5.74) is 2.23. The standard InChI is InChI=1S/C23H25N5O5/c1-15-4-3-5-17(12-15)22-25-21(33-26-22)14-27-10-8-16(9-11-27)23(29)24-19-13-18(28(30)31)6-7-20(19)32-2/h3-7,12-13,16H,8-11,14H2,1-2H3,(H,24,29). The van der Waals surface area contributed by atoms with Gasteiger partial charge in [0.15, 0.2) is 0 Å². The van der Waals surface area contributed by atoms with Crippen LogP contribution >= 0.6 is 0 Å². The number of carbonyl (C=O) groups excluding carboxylic acids is 1. The largest absolute Gasteiger partial charge is 0.495 e. The molecule has 1 aromatic heterocycles. The van der Waals surface area contributed by atoms with Crippen LogP contribution in [0.25, 0.3) is 11.4 Å². The number of non-ortho nitro benzene ring substituents is 1. The molecular weight excluding hydrogens is 426 g/mol. The molecule has 0 saturated carbocycles. The molecule has 33 heavy (non-hydrogen) atoms. The lowest BCUT2D eigenvalue weighted by atomic mass is 9.95. The third kappa shape index (κ3) is 5.35. The average molecular weight is 451 g/mol. The van der Waals surface area contributed by atoms with E-state index < -0.39 is 4.92 Å². The molecule has 2 heterocycles. The molecule has 0 atom stereocenters. The summed E-state index contributed by atoms with van der Waals surface area (Å²) in [5.74, 6) is 1.11. The molecule has 0 radical (unpaired) electrons. The average Bonchev–Trinajstić information content (AvgIpc) is 3.28. The normalized spacial score (nSPS) is 14.7. The maximum atomic E-state index is 12.8. The number of carbonyl (C=O) groups is 1. The first-order valence-electron chi connectivity index (χ1n) is 10.7. The van der Waals surface area contributed by atoms with Crippen LogP contribution in [0.5, 0.6) is 5.75 Å². The van der Waals surface area contributed by atoms with Crippen LogP contribution < -0.4 is 10.1 Å². The number of likely N-dealkylation sites (tertiary alicyclic amines) is 1. The van der Waals surface area contributed by atoms with Gasteiger partial charge >= 0.3 is 0 Å². The van der Waals surface area contributed by atoms with Crippen molar-refractivity contribution in [3.05, 3.63) is 64.0 Å². The number of ether oxygens (including phenoxy) is 1. The molecule has 10 heteroatoms. The smallest absolute Gasteiger partial charge is 0.271 e. The van der Waals surface area contributed by atoms with Gasteiger partial charge in [0, 0.05) is 23.6 Å². The Labute approximate surface area is 190 Å². The predicted molar refractivity (Wildman–Crippen MR) is 121 cm³/mol. The van der Waals surface area contributed by atoms with Crippen LogP contribution in [0.1, 0.15) is 24.3 Å². The minimum atomic E-state index is -0.504. The number of piperidine rings is 1. The van der Waals surface area contributed by atoms with Crippen molar-refractivity contribution >= 4 is 17.3 Å². The second-order valence-corrected chi connectivity index (χ2v) is 8.06. The van der Waals surface area contributed by atoms with Gasteiger partial charge in [0.25, 0.3) is 5.69 Å². The predicted octanol–water partition coefficient (Wildman–Crippen LogP) is 3.81. The molecule has 172 valence electrons. The van der Waals surface area contributed by atoms with Crippen LogP contribution in [-0.4, -0.2) is 46.1 Å². The number of benzene rings is 2. The van der Waals surface area contributed by atoms with Crippen molar-refractivity contribution in [2.75, 3.05) is 25.5 Å². The van der Waals surface area contributed by atoms with E-state index in [1.54, 1.807) is 0 Å². The van der Waals surface area contributed by atoms with Gasteiger partial charge in [0.05, 0.1) is 24.3 Å². The minimum absolute atomic E-state index is 0.106. The van der Waals surface area contributed by atoms with Crippen molar-refractivity contribution in [2.45, 2.75) is 26.3 Å². The number of aryl methyl sites for hydroxylation is 1. The number of nitrogens with zero attached hydrogens (tertiary/aromatic N) is 4. The van der Waals surface area contributed by atoms with Gasteiger partial charge < -0.3 is 14.6 Å². The van der Waals surface area contributed by atoms with E-state index in [0.717, 1.165) is 11.1 Å². The van der Waals surface area contributed by atoms with Crippen LogP contribution in [0, 0.1) is 23.0 Å². The zero-order chi connectivity index (χ0) is 23.4. The van der Waals surface area contributed by atoms with E-state index in [9.17, 15) is 14.9 Å². The van der Waals surface area contributed by atoms with Crippen LogP contribution in [0.15, 0.2) is 47.0 Å². The first-order chi connectivity index (χ1) is 15.9. The lowest BCUT2D eigenvalue weighted by Crippen LogP contribution is -2.37. The third-order valence-electron chi connectivity index (χ3n) is 5.71. The number of hydrogen-bond acceptors (Lipinski definition) is 8. The van der Waals surface area contributed by atoms with E-state index in [1.807, 2.05) is 31.2 Å². The number of nitrogens with one attached hydrogen (secondary N) is 1. The molecular formula is C23H25N5O5. The van der Waals surface area contributed by atoms with Crippen LogP contribution in [0.2, 0.25) is 0 Å². The van der Waals surface area contributed by atoms with Crippen LogP contribution in [0.4, 0.5) is 11.4 Å². The summed E-state index contributed by atoms with van der Waals surface area (Å²) in [6.45, 7) is 3.93. The monoisotopic (exact) mass is 451 g/mol. The summed E-state index contributed by atoms with van der Waals surface area (Å²) >= 11 is 0. The number of hydrogen-bond donors (Lipinski definition) is 1. The molecule has 3 aromatic rings.